The summed E-state index contributed by atoms with van der Waals surface area (Å²) in [5, 5.41) is 4.03. The fraction of sp³-hybridized carbons (Fsp3) is 0.625. The molecular weight excluding hydrogens is 276 g/mol. The normalized spacial score (nSPS) is 14.2. The van der Waals surface area contributed by atoms with Gasteiger partial charge < -0.3 is 5.32 Å². The van der Waals surface area contributed by atoms with Crippen LogP contribution < -0.4 is 5.32 Å². The average molecular weight is 301 g/mol. The molecule has 0 aliphatic rings. The number of hydrogen-bond donors (Lipinski definition) is 1. The molecule has 2 unspecified atom stereocenters. The maximum absolute atomic E-state index is 13.7. The molecule has 20 heavy (non-hydrogen) atoms. The van der Waals surface area contributed by atoms with Crippen molar-refractivity contribution in [2.75, 3.05) is 12.3 Å². The second-order valence-corrected chi connectivity index (χ2v) is 6.61. The van der Waals surface area contributed by atoms with Crippen LogP contribution in [-0.4, -0.2) is 23.6 Å². The fourth-order valence-electron chi connectivity index (χ4n) is 1.90. The molecule has 1 nitrogen and oxygen atoms in total. The van der Waals surface area contributed by atoms with Crippen LogP contribution in [0.25, 0.3) is 0 Å². The van der Waals surface area contributed by atoms with Gasteiger partial charge in [-0.3, -0.25) is 0 Å². The van der Waals surface area contributed by atoms with Gasteiger partial charge in [-0.1, -0.05) is 20.8 Å². The highest BCUT2D eigenvalue weighted by atomic mass is 32.2. The number of halogens is 2. The molecule has 0 aromatic heterocycles. The fourth-order valence-corrected chi connectivity index (χ4v) is 2.93. The predicted octanol–water partition coefficient (Wildman–Crippen LogP) is 4.41. The molecular formula is C16H25F2NS. The maximum Gasteiger partial charge on any atom is 0.126 e. The lowest BCUT2D eigenvalue weighted by Crippen LogP contribution is -2.34. The lowest BCUT2D eigenvalue weighted by molar-refractivity contribution is 0.524. The van der Waals surface area contributed by atoms with Crippen LogP contribution in [0.15, 0.2) is 18.2 Å². The van der Waals surface area contributed by atoms with Crippen LogP contribution in [0.4, 0.5) is 8.78 Å². The lowest BCUT2D eigenvalue weighted by atomic mass is 10.1. The van der Waals surface area contributed by atoms with Crippen molar-refractivity contribution in [2.45, 2.75) is 51.3 Å². The standard InChI is InChI=1S/C16H25F2NS/c1-4-8-19-15(11-20-12(3)5-2)10-13-9-14(17)6-7-16(13)18/h6-7,9,12,15,19H,4-5,8,10-11H2,1-3H3. The van der Waals surface area contributed by atoms with Crippen molar-refractivity contribution in [3.8, 4) is 0 Å². The maximum atomic E-state index is 13.7. The minimum absolute atomic E-state index is 0.185. The third kappa shape index (κ3) is 6.23. The van der Waals surface area contributed by atoms with Gasteiger partial charge in [0, 0.05) is 17.0 Å². The molecule has 2 atom stereocenters. The second kappa shape index (κ2) is 9.35. The molecule has 1 aromatic carbocycles. The summed E-state index contributed by atoms with van der Waals surface area (Å²) in [5.41, 5.74) is 0.461. The monoisotopic (exact) mass is 301 g/mol. The molecule has 1 rings (SSSR count). The minimum Gasteiger partial charge on any atom is -0.313 e. The summed E-state index contributed by atoms with van der Waals surface area (Å²) < 4.78 is 26.9. The lowest BCUT2D eigenvalue weighted by Gasteiger charge is -2.20. The van der Waals surface area contributed by atoms with Crippen molar-refractivity contribution in [3.63, 3.8) is 0 Å². The van der Waals surface area contributed by atoms with Crippen LogP contribution in [0.3, 0.4) is 0 Å². The molecule has 0 fully saturated rings. The van der Waals surface area contributed by atoms with Crippen LogP contribution in [0.1, 0.15) is 39.2 Å². The summed E-state index contributed by atoms with van der Waals surface area (Å²) in [4.78, 5) is 0. The highest BCUT2D eigenvalue weighted by Gasteiger charge is 2.14. The summed E-state index contributed by atoms with van der Waals surface area (Å²) in [5.74, 6) is 0.235. The largest absolute Gasteiger partial charge is 0.313 e. The Kier molecular flexibility index (Phi) is 8.15. The smallest absolute Gasteiger partial charge is 0.126 e. The van der Waals surface area contributed by atoms with E-state index in [0.29, 0.717) is 17.2 Å². The molecule has 0 spiro atoms. The molecule has 0 radical (unpaired) electrons. The molecule has 1 aromatic rings. The van der Waals surface area contributed by atoms with E-state index in [-0.39, 0.29) is 17.7 Å². The topological polar surface area (TPSA) is 12.0 Å². The third-order valence-corrected chi connectivity index (χ3v) is 4.81. The Morgan fingerprint density at radius 2 is 2.00 bits per heavy atom. The molecule has 114 valence electrons. The van der Waals surface area contributed by atoms with E-state index in [2.05, 4.69) is 26.1 Å². The first-order chi connectivity index (χ1) is 9.56. The number of rotatable bonds is 9. The van der Waals surface area contributed by atoms with Crippen LogP contribution >= 0.6 is 11.8 Å². The minimum atomic E-state index is -0.370. The summed E-state index contributed by atoms with van der Waals surface area (Å²) in [7, 11) is 0. The molecule has 0 saturated heterocycles. The van der Waals surface area contributed by atoms with E-state index in [1.54, 1.807) is 0 Å². The summed E-state index contributed by atoms with van der Waals surface area (Å²) >= 11 is 1.89. The second-order valence-electron chi connectivity index (χ2n) is 5.14. The molecule has 1 N–H and O–H groups in total. The van der Waals surface area contributed by atoms with Gasteiger partial charge in [-0.15, -0.1) is 0 Å². The Balaban J connectivity index is 2.65. The van der Waals surface area contributed by atoms with Gasteiger partial charge in [0.2, 0.25) is 0 Å². The Labute approximate surface area is 125 Å². The van der Waals surface area contributed by atoms with E-state index in [1.807, 2.05) is 11.8 Å². The SMILES string of the molecule is CCCNC(CSC(C)CC)Cc1cc(F)ccc1F. The zero-order chi connectivity index (χ0) is 15.0. The van der Waals surface area contributed by atoms with Crippen LogP contribution in [0, 0.1) is 11.6 Å². The quantitative estimate of drug-likeness (QED) is 0.725. The zero-order valence-electron chi connectivity index (χ0n) is 12.6. The van der Waals surface area contributed by atoms with Crippen molar-refractivity contribution >= 4 is 11.8 Å². The van der Waals surface area contributed by atoms with Crippen molar-refractivity contribution in [3.05, 3.63) is 35.4 Å². The van der Waals surface area contributed by atoms with Gasteiger partial charge in [0.15, 0.2) is 0 Å². The van der Waals surface area contributed by atoms with Gasteiger partial charge in [-0.2, -0.15) is 11.8 Å². The zero-order valence-corrected chi connectivity index (χ0v) is 13.4. The molecule has 0 aliphatic carbocycles. The summed E-state index contributed by atoms with van der Waals surface area (Å²) in [6.45, 7) is 7.38. The van der Waals surface area contributed by atoms with Crippen molar-refractivity contribution in [1.82, 2.24) is 5.32 Å². The number of hydrogen-bond acceptors (Lipinski definition) is 2. The van der Waals surface area contributed by atoms with Gasteiger partial charge in [0.05, 0.1) is 0 Å². The Morgan fingerprint density at radius 1 is 1.25 bits per heavy atom. The van der Waals surface area contributed by atoms with Gasteiger partial charge in [0.1, 0.15) is 11.6 Å². The molecule has 0 amide bonds. The highest BCUT2D eigenvalue weighted by Crippen LogP contribution is 2.18. The van der Waals surface area contributed by atoms with E-state index >= 15 is 0 Å². The molecule has 0 aliphatic heterocycles. The first kappa shape index (κ1) is 17.4. The van der Waals surface area contributed by atoms with E-state index < -0.39 is 0 Å². The van der Waals surface area contributed by atoms with Gasteiger partial charge in [-0.05, 0) is 49.6 Å². The summed E-state index contributed by atoms with van der Waals surface area (Å²) in [6.07, 6.45) is 2.70. The first-order valence-corrected chi connectivity index (χ1v) is 8.40. The molecule has 0 heterocycles. The first-order valence-electron chi connectivity index (χ1n) is 7.35. The van der Waals surface area contributed by atoms with E-state index in [0.717, 1.165) is 25.1 Å². The van der Waals surface area contributed by atoms with Crippen molar-refractivity contribution < 1.29 is 8.78 Å². The van der Waals surface area contributed by atoms with Crippen LogP contribution in [-0.2, 0) is 6.42 Å². The Hall–Kier alpha value is -0.610. The van der Waals surface area contributed by atoms with E-state index in [4.69, 9.17) is 0 Å². The predicted molar refractivity (Wildman–Crippen MR) is 84.4 cm³/mol. The van der Waals surface area contributed by atoms with Crippen LogP contribution in [0.2, 0.25) is 0 Å². The Morgan fingerprint density at radius 3 is 2.65 bits per heavy atom. The van der Waals surface area contributed by atoms with E-state index in [1.165, 1.54) is 18.2 Å². The number of nitrogens with one attached hydrogen (secondary N) is 1. The van der Waals surface area contributed by atoms with Crippen molar-refractivity contribution in [2.24, 2.45) is 0 Å². The molecule has 0 bridgehead atoms. The van der Waals surface area contributed by atoms with Crippen molar-refractivity contribution in [1.29, 1.82) is 0 Å². The van der Waals surface area contributed by atoms with Crippen LogP contribution in [0.5, 0.6) is 0 Å². The Bertz CT molecular complexity index is 398. The average Bonchev–Trinajstić information content (AvgIpc) is 2.45. The molecule has 4 heteroatoms. The number of thioether (sulfide) groups is 1. The number of benzene rings is 1. The summed E-state index contributed by atoms with van der Waals surface area (Å²) in [6, 6.07) is 3.87. The van der Waals surface area contributed by atoms with E-state index in [9.17, 15) is 8.78 Å². The molecule has 0 saturated carbocycles. The van der Waals surface area contributed by atoms with Gasteiger partial charge in [0.25, 0.3) is 0 Å². The van der Waals surface area contributed by atoms with Gasteiger partial charge in [-0.25, -0.2) is 8.78 Å². The highest BCUT2D eigenvalue weighted by molar-refractivity contribution is 7.99. The van der Waals surface area contributed by atoms with Gasteiger partial charge >= 0.3 is 0 Å². The third-order valence-electron chi connectivity index (χ3n) is 3.31.